The van der Waals surface area contributed by atoms with Crippen LogP contribution in [0, 0.1) is 23.7 Å². The highest BCUT2D eigenvalue weighted by atomic mass is 15.3. The van der Waals surface area contributed by atoms with Crippen molar-refractivity contribution in [1.29, 1.82) is 0 Å². The Morgan fingerprint density at radius 1 is 1.04 bits per heavy atom. The maximum Gasteiger partial charge on any atom is 0.193 e. The number of piperidine rings is 1. The Morgan fingerprint density at radius 3 is 2.40 bits per heavy atom. The van der Waals surface area contributed by atoms with E-state index in [-0.39, 0.29) is 0 Å². The van der Waals surface area contributed by atoms with Crippen LogP contribution in [-0.2, 0) is 0 Å². The van der Waals surface area contributed by atoms with Crippen molar-refractivity contribution in [3.63, 3.8) is 0 Å². The molecule has 25 heavy (non-hydrogen) atoms. The van der Waals surface area contributed by atoms with Crippen molar-refractivity contribution in [2.75, 3.05) is 45.8 Å². The van der Waals surface area contributed by atoms with Gasteiger partial charge in [0.25, 0.3) is 0 Å². The highest BCUT2D eigenvalue weighted by Crippen LogP contribution is 2.36. The fourth-order valence-electron chi connectivity index (χ4n) is 5.20. The third kappa shape index (κ3) is 5.35. The summed E-state index contributed by atoms with van der Waals surface area (Å²) in [5.41, 5.74) is 0. The molecule has 1 N–H and O–H groups in total. The summed E-state index contributed by atoms with van der Waals surface area (Å²) in [6.45, 7) is 15.1. The summed E-state index contributed by atoms with van der Waals surface area (Å²) in [5, 5.41) is 3.58. The Morgan fingerprint density at radius 2 is 1.76 bits per heavy atom. The predicted octanol–water partition coefficient (Wildman–Crippen LogP) is 3.44. The maximum atomic E-state index is 5.10. The lowest BCUT2D eigenvalue weighted by Gasteiger charge is -2.33. The first kappa shape index (κ1) is 19.0. The van der Waals surface area contributed by atoms with Crippen LogP contribution in [0.4, 0.5) is 0 Å². The summed E-state index contributed by atoms with van der Waals surface area (Å²) in [6, 6.07) is 0. The van der Waals surface area contributed by atoms with E-state index in [0.29, 0.717) is 0 Å². The van der Waals surface area contributed by atoms with E-state index in [1.54, 1.807) is 0 Å². The van der Waals surface area contributed by atoms with Gasteiger partial charge in [0.2, 0.25) is 0 Å². The number of hydrogen-bond acceptors (Lipinski definition) is 2. The zero-order valence-electron chi connectivity index (χ0n) is 16.8. The lowest BCUT2D eigenvalue weighted by Crippen LogP contribution is -2.42. The van der Waals surface area contributed by atoms with Crippen LogP contribution in [0.2, 0.25) is 0 Å². The molecular formula is C21H40N4. The van der Waals surface area contributed by atoms with E-state index in [1.165, 1.54) is 77.2 Å². The highest BCUT2D eigenvalue weighted by Gasteiger charge is 2.35. The molecule has 3 unspecified atom stereocenters. The largest absolute Gasteiger partial charge is 0.357 e. The van der Waals surface area contributed by atoms with Gasteiger partial charge >= 0.3 is 0 Å². The van der Waals surface area contributed by atoms with Gasteiger partial charge < -0.3 is 15.1 Å². The summed E-state index contributed by atoms with van der Waals surface area (Å²) in [7, 11) is 0. The van der Waals surface area contributed by atoms with E-state index in [4.69, 9.17) is 4.99 Å². The van der Waals surface area contributed by atoms with Crippen LogP contribution in [0.1, 0.15) is 59.3 Å². The van der Waals surface area contributed by atoms with Gasteiger partial charge in [-0.15, -0.1) is 0 Å². The summed E-state index contributed by atoms with van der Waals surface area (Å²) in [6.07, 6.45) is 8.45. The number of guanidine groups is 1. The van der Waals surface area contributed by atoms with Crippen molar-refractivity contribution in [1.82, 2.24) is 15.1 Å². The number of likely N-dealkylation sites (tertiary alicyclic amines) is 2. The SMILES string of the molecule is CCNC(=NCC1CCCN(CC(C)C)C1)N1CC2CCCCC2C1. The minimum absolute atomic E-state index is 0.742. The molecule has 4 nitrogen and oxygen atoms in total. The first-order chi connectivity index (χ1) is 12.2. The van der Waals surface area contributed by atoms with Gasteiger partial charge in [0.15, 0.2) is 5.96 Å². The predicted molar refractivity (Wildman–Crippen MR) is 107 cm³/mol. The van der Waals surface area contributed by atoms with E-state index in [9.17, 15) is 0 Å². The Bertz CT molecular complexity index is 420. The van der Waals surface area contributed by atoms with Crippen LogP contribution in [0.5, 0.6) is 0 Å². The minimum Gasteiger partial charge on any atom is -0.357 e. The molecule has 0 bridgehead atoms. The number of nitrogens with zero attached hydrogens (tertiary/aromatic N) is 3. The van der Waals surface area contributed by atoms with Crippen LogP contribution in [0.15, 0.2) is 4.99 Å². The van der Waals surface area contributed by atoms with Crippen molar-refractivity contribution >= 4 is 5.96 Å². The Labute approximate surface area is 155 Å². The number of nitrogens with one attached hydrogen (secondary N) is 1. The van der Waals surface area contributed by atoms with Gasteiger partial charge in [-0.05, 0) is 62.8 Å². The molecule has 144 valence electrons. The molecule has 2 heterocycles. The van der Waals surface area contributed by atoms with E-state index in [0.717, 1.165) is 36.8 Å². The third-order valence-corrected chi connectivity index (χ3v) is 6.34. The first-order valence-corrected chi connectivity index (χ1v) is 10.9. The summed E-state index contributed by atoms with van der Waals surface area (Å²) in [5.74, 6) is 4.55. The zero-order valence-corrected chi connectivity index (χ0v) is 16.8. The van der Waals surface area contributed by atoms with E-state index in [1.807, 2.05) is 0 Å². The van der Waals surface area contributed by atoms with Gasteiger partial charge in [-0.3, -0.25) is 4.99 Å². The van der Waals surface area contributed by atoms with Crippen LogP contribution in [0.3, 0.4) is 0 Å². The molecule has 3 rings (SSSR count). The summed E-state index contributed by atoms with van der Waals surface area (Å²) in [4.78, 5) is 10.3. The zero-order chi connectivity index (χ0) is 17.6. The molecule has 2 saturated heterocycles. The second kappa shape index (κ2) is 9.25. The normalized spacial score (nSPS) is 31.4. The van der Waals surface area contributed by atoms with Gasteiger partial charge in [-0.25, -0.2) is 0 Å². The maximum absolute atomic E-state index is 5.10. The lowest BCUT2D eigenvalue weighted by atomic mass is 9.82. The number of aliphatic imine (C=N–C) groups is 1. The van der Waals surface area contributed by atoms with E-state index in [2.05, 4.69) is 35.9 Å². The highest BCUT2D eigenvalue weighted by molar-refractivity contribution is 5.80. The van der Waals surface area contributed by atoms with Gasteiger partial charge in [-0.2, -0.15) is 0 Å². The van der Waals surface area contributed by atoms with E-state index < -0.39 is 0 Å². The van der Waals surface area contributed by atoms with Crippen LogP contribution >= 0.6 is 0 Å². The van der Waals surface area contributed by atoms with Gasteiger partial charge in [0, 0.05) is 39.3 Å². The standard InChI is InChI=1S/C21H40N4/c1-4-22-21(25-15-19-9-5-6-10-20(19)16-25)23-12-18-8-7-11-24(14-18)13-17(2)3/h17-20H,4-16H2,1-3H3,(H,22,23). The fraction of sp³-hybridized carbons (Fsp3) is 0.952. The minimum atomic E-state index is 0.742. The Kier molecular flexibility index (Phi) is 7.03. The molecule has 2 aliphatic heterocycles. The quantitative estimate of drug-likeness (QED) is 0.610. The molecule has 3 atom stereocenters. The van der Waals surface area contributed by atoms with Crippen LogP contribution < -0.4 is 5.32 Å². The molecule has 3 aliphatic rings. The van der Waals surface area contributed by atoms with Crippen molar-refractivity contribution in [3.05, 3.63) is 0 Å². The second-order valence-corrected chi connectivity index (χ2v) is 9.07. The Balaban J connectivity index is 1.55. The molecule has 0 aromatic carbocycles. The third-order valence-electron chi connectivity index (χ3n) is 6.34. The number of rotatable bonds is 5. The fourth-order valence-corrected chi connectivity index (χ4v) is 5.20. The topological polar surface area (TPSA) is 30.9 Å². The molecule has 1 aliphatic carbocycles. The molecule has 0 amide bonds. The molecular weight excluding hydrogens is 308 g/mol. The number of hydrogen-bond donors (Lipinski definition) is 1. The average Bonchev–Trinajstić information content (AvgIpc) is 3.02. The smallest absolute Gasteiger partial charge is 0.193 e. The molecule has 0 radical (unpaired) electrons. The van der Waals surface area contributed by atoms with Gasteiger partial charge in [0.05, 0.1) is 0 Å². The van der Waals surface area contributed by atoms with Crippen molar-refractivity contribution in [2.24, 2.45) is 28.7 Å². The Hall–Kier alpha value is -0.770. The number of fused-ring (bicyclic) bond motifs is 1. The van der Waals surface area contributed by atoms with Crippen LogP contribution in [0.25, 0.3) is 0 Å². The van der Waals surface area contributed by atoms with Crippen LogP contribution in [-0.4, -0.2) is 61.6 Å². The monoisotopic (exact) mass is 348 g/mol. The first-order valence-electron chi connectivity index (χ1n) is 10.9. The van der Waals surface area contributed by atoms with E-state index >= 15 is 0 Å². The van der Waals surface area contributed by atoms with Gasteiger partial charge in [0.1, 0.15) is 0 Å². The molecule has 3 fully saturated rings. The second-order valence-electron chi connectivity index (χ2n) is 9.07. The molecule has 0 aromatic heterocycles. The van der Waals surface area contributed by atoms with Crippen molar-refractivity contribution < 1.29 is 0 Å². The lowest BCUT2D eigenvalue weighted by molar-refractivity contribution is 0.162. The molecule has 0 spiro atoms. The van der Waals surface area contributed by atoms with Crippen molar-refractivity contribution in [2.45, 2.75) is 59.3 Å². The summed E-state index contributed by atoms with van der Waals surface area (Å²) >= 11 is 0. The molecule has 1 saturated carbocycles. The van der Waals surface area contributed by atoms with Gasteiger partial charge in [-0.1, -0.05) is 26.7 Å². The van der Waals surface area contributed by atoms with Crippen molar-refractivity contribution in [3.8, 4) is 0 Å². The average molecular weight is 349 g/mol. The molecule has 0 aromatic rings. The summed E-state index contributed by atoms with van der Waals surface area (Å²) < 4.78 is 0. The molecule has 4 heteroatoms.